The molecule has 2 N–H and O–H groups in total. The highest BCUT2D eigenvalue weighted by atomic mass is 16.3. The average Bonchev–Trinajstić information content (AvgIpc) is 3.45. The van der Waals surface area contributed by atoms with Crippen molar-refractivity contribution in [2.75, 3.05) is 28.6 Å². The van der Waals surface area contributed by atoms with Gasteiger partial charge in [-0.1, -0.05) is 18.2 Å². The fraction of sp³-hybridized carbons (Fsp3) is 0.174. The number of fused-ring (bicyclic) bond motifs is 1. The largest absolute Gasteiger partial charge is 0.451 e. The van der Waals surface area contributed by atoms with Crippen LogP contribution in [0, 0.1) is 0 Å². The van der Waals surface area contributed by atoms with E-state index < -0.39 is 0 Å². The zero-order valence-electron chi connectivity index (χ0n) is 16.3. The van der Waals surface area contributed by atoms with Gasteiger partial charge in [0.2, 0.25) is 0 Å². The lowest BCUT2D eigenvalue weighted by Gasteiger charge is -2.17. The molecule has 7 heteroatoms. The van der Waals surface area contributed by atoms with Crippen molar-refractivity contribution in [3.05, 3.63) is 72.6 Å². The number of hydrogen-bond acceptors (Lipinski definition) is 6. The lowest BCUT2D eigenvalue weighted by atomic mass is 10.2. The number of nitrogens with one attached hydrogen (secondary N) is 2. The first-order chi connectivity index (χ1) is 14.7. The van der Waals surface area contributed by atoms with Crippen LogP contribution in [0.5, 0.6) is 0 Å². The number of amides is 1. The summed E-state index contributed by atoms with van der Waals surface area (Å²) >= 11 is 0. The van der Waals surface area contributed by atoms with Crippen LogP contribution in [0.2, 0.25) is 0 Å². The normalized spacial score (nSPS) is 13.5. The second-order valence-electron chi connectivity index (χ2n) is 7.30. The number of carbonyl (C=O) groups excluding carboxylic acids is 1. The van der Waals surface area contributed by atoms with Crippen molar-refractivity contribution in [3.63, 3.8) is 0 Å². The van der Waals surface area contributed by atoms with Crippen LogP contribution >= 0.6 is 0 Å². The molecule has 1 aliphatic rings. The molecular formula is C23H21N5O2. The van der Waals surface area contributed by atoms with Crippen LogP contribution in [0.1, 0.15) is 23.4 Å². The highest BCUT2D eigenvalue weighted by molar-refractivity contribution is 6.04. The Bertz CT molecular complexity index is 1150. The Morgan fingerprint density at radius 2 is 1.73 bits per heavy atom. The second kappa shape index (κ2) is 7.87. The molecular weight excluding hydrogens is 378 g/mol. The van der Waals surface area contributed by atoms with Crippen LogP contribution in [-0.2, 0) is 0 Å². The Labute approximate surface area is 173 Å². The van der Waals surface area contributed by atoms with Crippen LogP contribution < -0.4 is 15.5 Å². The molecule has 2 aromatic heterocycles. The van der Waals surface area contributed by atoms with Gasteiger partial charge in [0.25, 0.3) is 5.91 Å². The van der Waals surface area contributed by atoms with E-state index in [-0.39, 0.29) is 11.7 Å². The van der Waals surface area contributed by atoms with Crippen LogP contribution in [0.25, 0.3) is 11.0 Å². The Kier molecular flexibility index (Phi) is 4.77. The first kappa shape index (κ1) is 18.2. The standard InChI is InChI=1S/C23H21N5O2/c29-23(21-13-16-5-1-2-6-20(16)30-21)26-18-9-7-17(8-10-18)25-22-14-19(15-24-27-22)28-11-3-4-12-28/h1-2,5-10,13-15H,3-4,11-12H2,(H,25,27)(H,26,29). The van der Waals surface area contributed by atoms with Crippen LogP contribution in [0.15, 0.2) is 71.3 Å². The Morgan fingerprint density at radius 3 is 2.53 bits per heavy atom. The molecule has 0 spiro atoms. The van der Waals surface area contributed by atoms with Crippen LogP contribution in [0.4, 0.5) is 22.9 Å². The molecule has 0 unspecified atom stereocenters. The highest BCUT2D eigenvalue weighted by Gasteiger charge is 2.14. The number of benzene rings is 2. The van der Waals surface area contributed by atoms with Gasteiger partial charge < -0.3 is 20.0 Å². The summed E-state index contributed by atoms with van der Waals surface area (Å²) in [6.07, 6.45) is 4.23. The molecule has 30 heavy (non-hydrogen) atoms. The summed E-state index contributed by atoms with van der Waals surface area (Å²) in [6.45, 7) is 2.12. The second-order valence-corrected chi connectivity index (χ2v) is 7.30. The molecule has 0 radical (unpaired) electrons. The van der Waals surface area contributed by atoms with Crippen molar-refractivity contribution in [2.45, 2.75) is 12.8 Å². The maximum atomic E-state index is 12.5. The summed E-state index contributed by atoms with van der Waals surface area (Å²) in [4.78, 5) is 14.8. The Hall–Kier alpha value is -3.87. The molecule has 1 aliphatic heterocycles. The molecule has 0 bridgehead atoms. The van der Waals surface area contributed by atoms with Crippen molar-refractivity contribution in [1.82, 2.24) is 10.2 Å². The van der Waals surface area contributed by atoms with Gasteiger partial charge in [0.05, 0.1) is 11.9 Å². The van der Waals surface area contributed by atoms with Gasteiger partial charge in [-0.25, -0.2) is 0 Å². The monoisotopic (exact) mass is 399 g/mol. The van der Waals surface area contributed by atoms with Crippen molar-refractivity contribution in [2.24, 2.45) is 0 Å². The third-order valence-electron chi connectivity index (χ3n) is 5.18. The average molecular weight is 399 g/mol. The molecule has 0 atom stereocenters. The first-order valence-electron chi connectivity index (χ1n) is 9.99. The molecule has 150 valence electrons. The summed E-state index contributed by atoms with van der Waals surface area (Å²) in [5.41, 5.74) is 3.33. The molecule has 1 saturated heterocycles. The van der Waals surface area contributed by atoms with E-state index in [2.05, 4.69) is 25.7 Å². The quantitative estimate of drug-likeness (QED) is 0.501. The smallest absolute Gasteiger partial charge is 0.291 e. The molecule has 0 saturated carbocycles. The lowest BCUT2D eigenvalue weighted by Crippen LogP contribution is -2.18. The van der Waals surface area contributed by atoms with Gasteiger partial charge >= 0.3 is 0 Å². The van der Waals surface area contributed by atoms with Crippen molar-refractivity contribution < 1.29 is 9.21 Å². The summed E-state index contributed by atoms with van der Waals surface area (Å²) in [5.74, 6) is 0.696. The number of hydrogen-bond donors (Lipinski definition) is 2. The third-order valence-corrected chi connectivity index (χ3v) is 5.18. The number of nitrogens with zero attached hydrogens (tertiary/aromatic N) is 3. The van der Waals surface area contributed by atoms with Crippen molar-refractivity contribution >= 4 is 39.8 Å². The fourth-order valence-corrected chi connectivity index (χ4v) is 3.64. The van der Waals surface area contributed by atoms with E-state index in [1.54, 1.807) is 12.3 Å². The maximum absolute atomic E-state index is 12.5. The Balaban J connectivity index is 1.25. The minimum atomic E-state index is -0.281. The predicted molar refractivity (Wildman–Crippen MR) is 117 cm³/mol. The number of para-hydroxylation sites is 1. The topological polar surface area (TPSA) is 83.3 Å². The third kappa shape index (κ3) is 3.82. The van der Waals surface area contributed by atoms with Crippen molar-refractivity contribution in [3.8, 4) is 0 Å². The van der Waals surface area contributed by atoms with Gasteiger partial charge in [0.15, 0.2) is 11.6 Å². The highest BCUT2D eigenvalue weighted by Crippen LogP contribution is 2.24. The van der Waals surface area contributed by atoms with E-state index in [0.29, 0.717) is 17.1 Å². The molecule has 7 nitrogen and oxygen atoms in total. The molecule has 4 aromatic rings. The molecule has 0 aliphatic carbocycles. The van der Waals surface area contributed by atoms with Gasteiger partial charge in [0, 0.05) is 35.9 Å². The fourth-order valence-electron chi connectivity index (χ4n) is 3.64. The summed E-state index contributed by atoms with van der Waals surface area (Å²) in [6, 6.07) is 18.7. The van der Waals surface area contributed by atoms with Gasteiger partial charge in [-0.2, -0.15) is 5.10 Å². The minimum absolute atomic E-state index is 0.281. The van der Waals surface area contributed by atoms with E-state index in [1.165, 1.54) is 12.8 Å². The van der Waals surface area contributed by atoms with E-state index in [0.717, 1.165) is 29.9 Å². The number of aromatic nitrogens is 2. The van der Waals surface area contributed by atoms with E-state index in [9.17, 15) is 4.79 Å². The number of rotatable bonds is 5. The van der Waals surface area contributed by atoms with E-state index >= 15 is 0 Å². The van der Waals surface area contributed by atoms with Crippen LogP contribution in [0.3, 0.4) is 0 Å². The number of anilines is 4. The summed E-state index contributed by atoms with van der Waals surface area (Å²) < 4.78 is 5.61. The van der Waals surface area contributed by atoms with Crippen LogP contribution in [-0.4, -0.2) is 29.2 Å². The molecule has 1 fully saturated rings. The zero-order valence-corrected chi connectivity index (χ0v) is 16.3. The maximum Gasteiger partial charge on any atom is 0.291 e. The van der Waals surface area contributed by atoms with Crippen molar-refractivity contribution in [1.29, 1.82) is 0 Å². The first-order valence-corrected chi connectivity index (χ1v) is 9.99. The summed E-state index contributed by atoms with van der Waals surface area (Å²) in [7, 11) is 0. The minimum Gasteiger partial charge on any atom is -0.451 e. The van der Waals surface area contributed by atoms with Gasteiger partial charge in [0.1, 0.15) is 5.58 Å². The predicted octanol–water partition coefficient (Wildman–Crippen LogP) is 4.82. The summed E-state index contributed by atoms with van der Waals surface area (Å²) in [5, 5.41) is 15.3. The molecule has 5 rings (SSSR count). The number of carbonyl (C=O) groups is 1. The van der Waals surface area contributed by atoms with Gasteiger partial charge in [-0.3, -0.25) is 4.79 Å². The Morgan fingerprint density at radius 1 is 0.967 bits per heavy atom. The zero-order chi connectivity index (χ0) is 20.3. The van der Waals surface area contributed by atoms with E-state index in [1.807, 2.05) is 54.6 Å². The molecule has 3 heterocycles. The van der Waals surface area contributed by atoms with E-state index in [4.69, 9.17) is 4.42 Å². The SMILES string of the molecule is O=C(Nc1ccc(Nc2cc(N3CCCC3)cnn2)cc1)c1cc2ccccc2o1. The van der Waals surface area contributed by atoms with Gasteiger partial charge in [-0.05, 0) is 49.2 Å². The van der Waals surface area contributed by atoms with Gasteiger partial charge in [-0.15, -0.1) is 5.10 Å². The lowest BCUT2D eigenvalue weighted by molar-refractivity contribution is 0.0998. The number of furan rings is 1. The molecule has 1 amide bonds. The molecule has 2 aromatic carbocycles.